The van der Waals surface area contributed by atoms with Gasteiger partial charge in [0, 0.05) is 23.7 Å². The lowest BCUT2D eigenvalue weighted by atomic mass is 9.78. The van der Waals surface area contributed by atoms with Crippen LogP contribution in [0.3, 0.4) is 0 Å². The van der Waals surface area contributed by atoms with Crippen LogP contribution in [0.2, 0.25) is 0 Å². The number of rotatable bonds is 2. The van der Waals surface area contributed by atoms with E-state index in [1.54, 1.807) is 11.3 Å². The molecule has 24 heavy (non-hydrogen) atoms. The summed E-state index contributed by atoms with van der Waals surface area (Å²) in [6.45, 7) is 2.51. The van der Waals surface area contributed by atoms with Gasteiger partial charge in [0.15, 0.2) is 5.71 Å². The Morgan fingerprint density at radius 3 is 2.46 bits per heavy atom. The molecule has 0 radical (unpaired) electrons. The fourth-order valence-corrected chi connectivity index (χ4v) is 4.62. The van der Waals surface area contributed by atoms with E-state index in [0.717, 1.165) is 6.42 Å². The van der Waals surface area contributed by atoms with Crippen molar-refractivity contribution < 1.29 is 21.6 Å². The molecule has 1 aliphatic carbocycles. The van der Waals surface area contributed by atoms with Gasteiger partial charge < -0.3 is 17.0 Å². The third-order valence-corrected chi connectivity index (χ3v) is 5.82. The number of fused-ring (bicyclic) bond motifs is 1. The summed E-state index contributed by atoms with van der Waals surface area (Å²) in [6, 6.07) is 17.9. The summed E-state index contributed by atoms with van der Waals surface area (Å²) >= 11 is 3.64. The molecule has 0 bridgehead atoms. The van der Waals surface area contributed by atoms with E-state index in [2.05, 4.69) is 69.0 Å². The van der Waals surface area contributed by atoms with Gasteiger partial charge in [-0.3, -0.25) is 0 Å². The van der Waals surface area contributed by atoms with E-state index >= 15 is 0 Å². The zero-order valence-electron chi connectivity index (χ0n) is 13.8. The first kappa shape index (κ1) is 17.9. The van der Waals surface area contributed by atoms with Gasteiger partial charge in [-0.05, 0) is 41.7 Å². The van der Waals surface area contributed by atoms with Crippen molar-refractivity contribution >= 4 is 21.6 Å². The molecule has 1 saturated heterocycles. The minimum Gasteiger partial charge on any atom is -1.00 e. The van der Waals surface area contributed by atoms with Crippen LogP contribution in [0, 0.1) is 0 Å². The first-order chi connectivity index (χ1) is 11.3. The zero-order valence-corrected chi connectivity index (χ0v) is 17.0. The first-order valence-corrected chi connectivity index (χ1v) is 9.53. The Labute approximate surface area is 163 Å². The van der Waals surface area contributed by atoms with Gasteiger partial charge in [-0.2, -0.15) is 0 Å². The normalized spacial score (nSPS) is 19.8. The molecule has 2 aromatic rings. The molecule has 4 rings (SSSR count). The van der Waals surface area contributed by atoms with Crippen LogP contribution in [0.25, 0.3) is 0 Å². The summed E-state index contributed by atoms with van der Waals surface area (Å²) in [7, 11) is 0. The highest BCUT2D eigenvalue weighted by Gasteiger charge is 2.33. The second-order valence-electron chi connectivity index (χ2n) is 6.77. The maximum absolute atomic E-state index is 3.64. The third kappa shape index (κ3) is 3.67. The van der Waals surface area contributed by atoms with Crippen LogP contribution in [0.4, 0.5) is 0 Å². The molecule has 1 nitrogen and oxygen atoms in total. The predicted octanol–water partition coefficient (Wildman–Crippen LogP) is 1.97. The molecule has 1 heterocycles. The number of nitrogens with zero attached hydrogens (tertiary/aromatic N) is 1. The van der Waals surface area contributed by atoms with Gasteiger partial charge in [0.1, 0.15) is 13.1 Å². The number of aryl methyl sites for hydroxylation is 1. The lowest BCUT2D eigenvalue weighted by Gasteiger charge is -2.26. The number of hydrogen-bond donors (Lipinski definition) is 0. The summed E-state index contributed by atoms with van der Waals surface area (Å²) in [6.07, 6.45) is 6.25. The van der Waals surface area contributed by atoms with Crippen LogP contribution < -0.4 is 17.0 Å². The average Bonchev–Trinajstić information content (AvgIpc) is 3.10. The van der Waals surface area contributed by atoms with Crippen molar-refractivity contribution in [3.63, 3.8) is 0 Å². The second-order valence-corrected chi connectivity index (χ2v) is 7.69. The monoisotopic (exact) mass is 447 g/mol. The van der Waals surface area contributed by atoms with Gasteiger partial charge in [0.05, 0.1) is 5.92 Å². The van der Waals surface area contributed by atoms with Crippen LogP contribution >= 0.6 is 15.9 Å². The lowest BCUT2D eigenvalue weighted by molar-refractivity contribution is -0.509. The number of benzene rings is 2. The maximum atomic E-state index is 3.64. The van der Waals surface area contributed by atoms with Crippen molar-refractivity contribution in [2.45, 2.75) is 38.0 Å². The molecule has 126 valence electrons. The Morgan fingerprint density at radius 1 is 0.958 bits per heavy atom. The smallest absolute Gasteiger partial charge is 0.160 e. The van der Waals surface area contributed by atoms with Crippen molar-refractivity contribution in [1.82, 2.24) is 0 Å². The van der Waals surface area contributed by atoms with Crippen molar-refractivity contribution in [2.75, 3.05) is 13.1 Å². The molecule has 0 N–H and O–H groups in total. The molecule has 0 amide bonds. The van der Waals surface area contributed by atoms with Gasteiger partial charge >= 0.3 is 0 Å². The van der Waals surface area contributed by atoms with Crippen LogP contribution in [0.15, 0.2) is 53.0 Å². The first-order valence-electron chi connectivity index (χ1n) is 8.74. The zero-order chi connectivity index (χ0) is 15.6. The van der Waals surface area contributed by atoms with Crippen LogP contribution in [0.1, 0.15) is 41.9 Å². The maximum Gasteiger partial charge on any atom is 0.160 e. The summed E-state index contributed by atoms with van der Waals surface area (Å²) in [4.78, 5) is 0. The Balaban J connectivity index is 0.00000169. The molecule has 0 spiro atoms. The minimum absolute atomic E-state index is 0. The van der Waals surface area contributed by atoms with E-state index in [1.165, 1.54) is 54.4 Å². The fraction of sp³-hybridized carbons (Fsp3) is 0.381. The van der Waals surface area contributed by atoms with Gasteiger partial charge in [-0.25, -0.2) is 4.58 Å². The number of hydrogen-bond acceptors (Lipinski definition) is 0. The molecule has 0 aromatic heterocycles. The van der Waals surface area contributed by atoms with Crippen molar-refractivity contribution in [3.05, 3.63) is 69.7 Å². The molecule has 0 unspecified atom stereocenters. The van der Waals surface area contributed by atoms with Crippen molar-refractivity contribution in [2.24, 2.45) is 0 Å². The highest BCUT2D eigenvalue weighted by atomic mass is 79.9. The van der Waals surface area contributed by atoms with Crippen molar-refractivity contribution in [3.8, 4) is 0 Å². The fourth-order valence-electron chi connectivity index (χ4n) is 4.21. The molecule has 1 fully saturated rings. The average molecular weight is 449 g/mol. The van der Waals surface area contributed by atoms with E-state index in [1.807, 2.05) is 0 Å². The van der Waals surface area contributed by atoms with Gasteiger partial charge in [-0.15, -0.1) is 0 Å². The summed E-state index contributed by atoms with van der Waals surface area (Å²) in [5, 5.41) is 0. The van der Waals surface area contributed by atoms with Gasteiger partial charge in [-0.1, -0.05) is 52.3 Å². The van der Waals surface area contributed by atoms with Gasteiger partial charge in [0.2, 0.25) is 0 Å². The lowest BCUT2D eigenvalue weighted by Crippen LogP contribution is -3.00. The Bertz CT molecular complexity index is 729. The molecular weight excluding hydrogens is 426 g/mol. The molecule has 0 saturated carbocycles. The standard InChI is InChI=1S/C21H23BrN.BrH/c22-18-9-10-19-17(15-18)8-11-21(23-12-4-5-13-23)20(19)14-16-6-2-1-3-7-16;/h1-3,6-7,9-10,15,20H,4-5,8,11-14H2;1H/q+1;/p-1/t20-;/m0./s1. The van der Waals surface area contributed by atoms with Gasteiger partial charge in [0.25, 0.3) is 0 Å². The Morgan fingerprint density at radius 2 is 1.71 bits per heavy atom. The Hall–Kier alpha value is -0.930. The molecule has 3 heteroatoms. The number of halogens is 2. The largest absolute Gasteiger partial charge is 1.00 e. The highest BCUT2D eigenvalue weighted by molar-refractivity contribution is 9.10. The minimum atomic E-state index is 0. The molecule has 1 atom stereocenters. The predicted molar refractivity (Wildman–Crippen MR) is 99.6 cm³/mol. The topological polar surface area (TPSA) is 3.01 Å². The van der Waals surface area contributed by atoms with E-state index in [9.17, 15) is 0 Å². The Kier molecular flexibility index (Phi) is 5.93. The van der Waals surface area contributed by atoms with E-state index in [0.29, 0.717) is 5.92 Å². The molecule has 2 aromatic carbocycles. The van der Waals surface area contributed by atoms with Crippen LogP contribution in [-0.2, 0) is 12.8 Å². The summed E-state index contributed by atoms with van der Waals surface area (Å²) in [5.74, 6) is 0.548. The quantitative estimate of drug-likeness (QED) is 0.618. The third-order valence-electron chi connectivity index (χ3n) is 5.33. The van der Waals surface area contributed by atoms with Crippen molar-refractivity contribution in [1.29, 1.82) is 0 Å². The molecule has 1 aliphatic heterocycles. The SMILES string of the molecule is Brc1ccc2c(c1)CCC(=[N+]1CCCC1)[C@H]2Cc1ccccc1.[Br-]. The van der Waals surface area contributed by atoms with E-state index < -0.39 is 0 Å². The second kappa shape index (κ2) is 7.97. The molecule has 2 aliphatic rings. The van der Waals surface area contributed by atoms with Crippen LogP contribution in [-0.4, -0.2) is 23.4 Å². The molecular formula is C21H23Br2N. The summed E-state index contributed by atoms with van der Waals surface area (Å²) < 4.78 is 3.89. The van der Waals surface area contributed by atoms with Crippen LogP contribution in [0.5, 0.6) is 0 Å². The van der Waals surface area contributed by atoms with E-state index in [-0.39, 0.29) is 17.0 Å². The summed E-state index contributed by atoms with van der Waals surface area (Å²) in [5.41, 5.74) is 6.21. The van der Waals surface area contributed by atoms with E-state index in [4.69, 9.17) is 0 Å². The highest BCUT2D eigenvalue weighted by Crippen LogP contribution is 2.34.